The molecule has 0 unspecified atom stereocenters. The van der Waals surface area contributed by atoms with Crippen molar-refractivity contribution in [2.24, 2.45) is 21.6 Å². The summed E-state index contributed by atoms with van der Waals surface area (Å²) in [7, 11) is 0. The molecule has 6 heteroatoms. The molecule has 0 aromatic rings. The third-order valence-electron chi connectivity index (χ3n) is 4.92. The smallest absolute Gasteiger partial charge is 0.224 e. The maximum atomic E-state index is 11.5. The zero-order chi connectivity index (χ0) is 18.1. The van der Waals surface area contributed by atoms with E-state index in [9.17, 15) is 4.79 Å². The molecule has 24 heavy (non-hydrogen) atoms. The molecule has 1 rings (SSSR count). The molecule has 0 heterocycles. The van der Waals surface area contributed by atoms with Crippen LogP contribution in [0.1, 0.15) is 59.8 Å². The minimum atomic E-state index is -0.637. The lowest BCUT2D eigenvalue weighted by Crippen LogP contribution is -2.44. The molecule has 0 aliphatic heterocycles. The largest absolute Gasteiger partial charge is 0.382 e. The first-order valence-corrected chi connectivity index (χ1v) is 9.25. The van der Waals surface area contributed by atoms with E-state index in [1.807, 2.05) is 27.7 Å². The Kier molecular flexibility index (Phi) is 8.53. The number of carbonyl (C=O) groups excluding carboxylic acids is 1. The van der Waals surface area contributed by atoms with E-state index >= 15 is 0 Å². The Morgan fingerprint density at radius 1 is 1.25 bits per heavy atom. The highest BCUT2D eigenvalue weighted by molar-refractivity contribution is 5.82. The average molecular weight is 341 g/mol. The molecule has 0 aromatic heterocycles. The first-order chi connectivity index (χ1) is 11.4. The fourth-order valence-electron chi connectivity index (χ4n) is 3.04. The van der Waals surface area contributed by atoms with Gasteiger partial charge in [0.2, 0.25) is 5.91 Å². The van der Waals surface area contributed by atoms with Crippen LogP contribution in [0, 0.1) is 10.8 Å². The van der Waals surface area contributed by atoms with Crippen LogP contribution in [0.4, 0.5) is 0 Å². The number of aliphatic imine (C=N–C) groups is 1. The third-order valence-corrected chi connectivity index (χ3v) is 4.92. The highest BCUT2D eigenvalue weighted by Gasteiger charge is 2.33. The molecule has 4 N–H and O–H groups in total. The van der Waals surface area contributed by atoms with Gasteiger partial charge in [-0.1, -0.05) is 12.8 Å². The lowest BCUT2D eigenvalue weighted by molar-refractivity contribution is -0.125. The van der Waals surface area contributed by atoms with Crippen LogP contribution in [0.5, 0.6) is 0 Å². The number of guanidine groups is 1. The first kappa shape index (κ1) is 20.7. The normalized spacial score (nSPS) is 17.8. The summed E-state index contributed by atoms with van der Waals surface area (Å²) >= 11 is 0. The Bertz CT molecular complexity index is 415. The van der Waals surface area contributed by atoms with E-state index in [1.165, 1.54) is 25.7 Å². The molecule has 1 fully saturated rings. The van der Waals surface area contributed by atoms with Gasteiger partial charge in [0, 0.05) is 26.3 Å². The Morgan fingerprint density at radius 3 is 2.46 bits per heavy atom. The number of rotatable bonds is 10. The molecule has 1 amide bonds. The maximum Gasteiger partial charge on any atom is 0.224 e. The summed E-state index contributed by atoms with van der Waals surface area (Å²) in [6.45, 7) is 11.4. The van der Waals surface area contributed by atoms with E-state index in [0.717, 1.165) is 38.7 Å². The Balaban J connectivity index is 2.64. The van der Waals surface area contributed by atoms with Crippen LogP contribution >= 0.6 is 0 Å². The Labute approximate surface area is 147 Å². The van der Waals surface area contributed by atoms with Gasteiger partial charge in [-0.25, -0.2) is 0 Å². The van der Waals surface area contributed by atoms with Crippen molar-refractivity contribution in [1.29, 1.82) is 0 Å². The van der Waals surface area contributed by atoms with Crippen molar-refractivity contribution in [2.45, 2.75) is 59.8 Å². The quantitative estimate of drug-likeness (QED) is 0.322. The molecule has 0 spiro atoms. The second-order valence-corrected chi connectivity index (χ2v) is 7.45. The topological polar surface area (TPSA) is 88.7 Å². The van der Waals surface area contributed by atoms with E-state index < -0.39 is 5.41 Å². The summed E-state index contributed by atoms with van der Waals surface area (Å²) in [5.41, 5.74) is 5.09. The van der Waals surface area contributed by atoms with Crippen LogP contribution in [0.3, 0.4) is 0 Å². The summed E-state index contributed by atoms with van der Waals surface area (Å²) in [5.74, 6) is 0.431. The minimum absolute atomic E-state index is 0.296. The summed E-state index contributed by atoms with van der Waals surface area (Å²) in [4.78, 5) is 16.0. The number of hydrogen-bond acceptors (Lipinski definition) is 3. The molecular weight excluding hydrogens is 304 g/mol. The fraction of sp³-hybridized carbons (Fsp3) is 0.889. The van der Waals surface area contributed by atoms with Crippen molar-refractivity contribution >= 4 is 11.9 Å². The van der Waals surface area contributed by atoms with Gasteiger partial charge in [0.05, 0.1) is 12.0 Å². The van der Waals surface area contributed by atoms with Crippen molar-refractivity contribution in [1.82, 2.24) is 10.6 Å². The van der Waals surface area contributed by atoms with E-state index in [2.05, 4.69) is 15.6 Å². The molecule has 140 valence electrons. The SMILES string of the molecule is CCNC(=NCC(C)(C)C(N)=O)NCC1(CCOCC)CCCC1. The van der Waals surface area contributed by atoms with Gasteiger partial charge in [0.25, 0.3) is 0 Å². The highest BCUT2D eigenvalue weighted by atomic mass is 16.5. The van der Waals surface area contributed by atoms with Gasteiger partial charge in [-0.05, 0) is 52.4 Å². The third kappa shape index (κ3) is 6.67. The van der Waals surface area contributed by atoms with Crippen LogP contribution in [-0.2, 0) is 9.53 Å². The van der Waals surface area contributed by atoms with Crippen LogP contribution in [0.2, 0.25) is 0 Å². The van der Waals surface area contributed by atoms with Gasteiger partial charge < -0.3 is 21.1 Å². The summed E-state index contributed by atoms with van der Waals surface area (Å²) in [6, 6.07) is 0. The number of nitrogens with zero attached hydrogens (tertiary/aromatic N) is 1. The average Bonchev–Trinajstić information content (AvgIpc) is 2.99. The maximum absolute atomic E-state index is 11.5. The molecule has 1 aliphatic rings. The van der Waals surface area contributed by atoms with Crippen molar-refractivity contribution in [3.05, 3.63) is 0 Å². The Morgan fingerprint density at radius 2 is 1.92 bits per heavy atom. The van der Waals surface area contributed by atoms with Crippen molar-refractivity contribution in [3.63, 3.8) is 0 Å². The van der Waals surface area contributed by atoms with E-state index in [4.69, 9.17) is 10.5 Å². The number of ether oxygens (including phenoxy) is 1. The van der Waals surface area contributed by atoms with E-state index in [0.29, 0.717) is 12.0 Å². The molecular formula is C18H36N4O2. The minimum Gasteiger partial charge on any atom is -0.382 e. The number of nitrogens with one attached hydrogen (secondary N) is 2. The van der Waals surface area contributed by atoms with Crippen LogP contribution in [0.25, 0.3) is 0 Å². The van der Waals surface area contributed by atoms with Gasteiger partial charge >= 0.3 is 0 Å². The van der Waals surface area contributed by atoms with Gasteiger partial charge in [-0.3, -0.25) is 9.79 Å². The lowest BCUT2D eigenvalue weighted by Gasteiger charge is -2.30. The predicted octanol–water partition coefficient (Wildman–Crippen LogP) is 2.04. The molecule has 6 nitrogen and oxygen atoms in total. The van der Waals surface area contributed by atoms with Crippen LogP contribution < -0.4 is 16.4 Å². The second kappa shape index (κ2) is 9.87. The van der Waals surface area contributed by atoms with Crippen molar-refractivity contribution < 1.29 is 9.53 Å². The standard InChI is InChI=1S/C18H36N4O2/c1-5-20-16(21-13-17(3,4)15(19)23)22-14-18(9-7-8-10-18)11-12-24-6-2/h5-14H2,1-4H3,(H2,19,23)(H2,20,21,22). The van der Waals surface area contributed by atoms with Gasteiger partial charge in [-0.15, -0.1) is 0 Å². The number of carbonyl (C=O) groups is 1. The van der Waals surface area contributed by atoms with E-state index in [-0.39, 0.29) is 5.91 Å². The number of primary amides is 1. The van der Waals surface area contributed by atoms with Gasteiger partial charge in [0.1, 0.15) is 0 Å². The summed E-state index contributed by atoms with van der Waals surface area (Å²) < 4.78 is 5.57. The monoisotopic (exact) mass is 340 g/mol. The number of amides is 1. The highest BCUT2D eigenvalue weighted by Crippen LogP contribution is 2.40. The molecule has 0 bridgehead atoms. The fourth-order valence-corrected chi connectivity index (χ4v) is 3.04. The van der Waals surface area contributed by atoms with Gasteiger partial charge in [0.15, 0.2) is 5.96 Å². The second-order valence-electron chi connectivity index (χ2n) is 7.45. The zero-order valence-electron chi connectivity index (χ0n) is 15.9. The van der Waals surface area contributed by atoms with Gasteiger partial charge in [-0.2, -0.15) is 0 Å². The molecule has 0 saturated heterocycles. The van der Waals surface area contributed by atoms with E-state index in [1.54, 1.807) is 0 Å². The first-order valence-electron chi connectivity index (χ1n) is 9.25. The summed E-state index contributed by atoms with van der Waals surface area (Å²) in [5, 5.41) is 6.73. The Hall–Kier alpha value is -1.30. The number of hydrogen-bond donors (Lipinski definition) is 3. The van der Waals surface area contributed by atoms with Crippen LogP contribution in [0.15, 0.2) is 4.99 Å². The molecule has 0 aromatic carbocycles. The molecule has 1 aliphatic carbocycles. The lowest BCUT2D eigenvalue weighted by atomic mass is 9.83. The van der Waals surface area contributed by atoms with Crippen molar-refractivity contribution in [2.75, 3.05) is 32.8 Å². The van der Waals surface area contributed by atoms with Crippen LogP contribution in [-0.4, -0.2) is 44.7 Å². The molecule has 0 radical (unpaired) electrons. The number of nitrogens with two attached hydrogens (primary N) is 1. The van der Waals surface area contributed by atoms with Crippen molar-refractivity contribution in [3.8, 4) is 0 Å². The molecule has 1 saturated carbocycles. The zero-order valence-corrected chi connectivity index (χ0v) is 15.9. The summed E-state index contributed by atoms with van der Waals surface area (Å²) in [6.07, 6.45) is 6.13. The molecule has 0 atom stereocenters. The predicted molar refractivity (Wildman–Crippen MR) is 99.0 cm³/mol.